The molecule has 0 amide bonds. The Hall–Kier alpha value is -2.04. The van der Waals surface area contributed by atoms with Crippen molar-refractivity contribution in [2.45, 2.75) is 18.9 Å². The Bertz CT molecular complexity index is 406. The first-order chi connectivity index (χ1) is 8.63. The van der Waals surface area contributed by atoms with Crippen molar-refractivity contribution in [2.75, 3.05) is 14.2 Å². The normalized spacial score (nSPS) is 20.0. The molecule has 5 heteroatoms. The number of hydrogen-bond acceptors (Lipinski definition) is 5. The summed E-state index contributed by atoms with van der Waals surface area (Å²) in [7, 11) is 2.55. The third-order valence-electron chi connectivity index (χ3n) is 2.52. The smallest absolute Gasteiger partial charge is 0.341 e. The Morgan fingerprint density at radius 3 is 2.72 bits per heavy atom. The van der Waals surface area contributed by atoms with Crippen molar-refractivity contribution in [1.82, 2.24) is 0 Å². The van der Waals surface area contributed by atoms with E-state index in [0.29, 0.717) is 18.4 Å². The molecule has 0 aromatic heterocycles. The zero-order valence-corrected chi connectivity index (χ0v) is 10.5. The van der Waals surface area contributed by atoms with E-state index < -0.39 is 11.9 Å². The van der Waals surface area contributed by atoms with Crippen LogP contribution in [0.2, 0.25) is 0 Å². The highest BCUT2D eigenvalue weighted by Crippen LogP contribution is 2.29. The highest BCUT2D eigenvalue weighted by molar-refractivity contribution is 5.97. The zero-order chi connectivity index (χ0) is 13.5. The molecule has 1 aliphatic rings. The van der Waals surface area contributed by atoms with Crippen molar-refractivity contribution in [1.29, 1.82) is 0 Å². The van der Waals surface area contributed by atoms with Crippen LogP contribution in [0.5, 0.6) is 0 Å². The summed E-state index contributed by atoms with van der Waals surface area (Å²) in [5, 5.41) is 0. The van der Waals surface area contributed by atoms with Gasteiger partial charge in [0.05, 0.1) is 20.5 Å². The van der Waals surface area contributed by atoms with Crippen LogP contribution in [0.1, 0.15) is 12.8 Å². The molecule has 0 aliphatic carbocycles. The van der Waals surface area contributed by atoms with Gasteiger partial charge in [0.1, 0.15) is 11.7 Å². The van der Waals surface area contributed by atoms with Gasteiger partial charge in [-0.3, -0.25) is 0 Å². The average Bonchev–Trinajstić information content (AvgIpc) is 2.78. The molecule has 0 saturated carbocycles. The quantitative estimate of drug-likeness (QED) is 0.421. The van der Waals surface area contributed by atoms with E-state index in [4.69, 9.17) is 4.74 Å². The van der Waals surface area contributed by atoms with Gasteiger partial charge in [0.2, 0.25) is 0 Å². The van der Waals surface area contributed by atoms with E-state index in [-0.39, 0.29) is 11.7 Å². The molecule has 0 spiro atoms. The lowest BCUT2D eigenvalue weighted by atomic mass is 9.99. The fourth-order valence-corrected chi connectivity index (χ4v) is 1.59. The number of rotatable bonds is 5. The number of carbonyl (C=O) groups is 2. The molecule has 0 N–H and O–H groups in total. The summed E-state index contributed by atoms with van der Waals surface area (Å²) in [5.41, 5.74) is 0.729. The van der Waals surface area contributed by atoms with Gasteiger partial charge in [-0.1, -0.05) is 6.08 Å². The van der Waals surface area contributed by atoms with E-state index in [1.54, 1.807) is 6.08 Å². The molecule has 0 bridgehead atoms. The molecule has 1 aliphatic heterocycles. The molecule has 0 radical (unpaired) electrons. The van der Waals surface area contributed by atoms with Gasteiger partial charge in [-0.15, -0.1) is 6.58 Å². The first-order valence-electron chi connectivity index (χ1n) is 5.48. The fourth-order valence-electron chi connectivity index (χ4n) is 1.59. The summed E-state index contributed by atoms with van der Waals surface area (Å²) in [6.07, 6.45) is 5.30. The second-order valence-electron chi connectivity index (χ2n) is 3.64. The monoisotopic (exact) mass is 252 g/mol. The Morgan fingerprint density at radius 1 is 1.44 bits per heavy atom. The van der Waals surface area contributed by atoms with Gasteiger partial charge in [0.25, 0.3) is 0 Å². The molecule has 98 valence electrons. The molecule has 1 rings (SSSR count). The van der Waals surface area contributed by atoms with Crippen LogP contribution in [-0.4, -0.2) is 32.3 Å². The second kappa shape index (κ2) is 6.64. The highest BCUT2D eigenvalue weighted by Gasteiger charge is 2.30. The van der Waals surface area contributed by atoms with Crippen molar-refractivity contribution in [3.8, 4) is 0 Å². The molecule has 1 atom stereocenters. The second-order valence-corrected chi connectivity index (χ2v) is 3.64. The number of esters is 2. The molecule has 5 nitrogen and oxygen atoms in total. The minimum absolute atomic E-state index is 0.247. The maximum atomic E-state index is 11.5. The molecule has 1 unspecified atom stereocenters. The van der Waals surface area contributed by atoms with Crippen LogP contribution in [0.15, 0.2) is 36.1 Å². The maximum absolute atomic E-state index is 11.5. The number of hydrogen-bond donors (Lipinski definition) is 0. The molecule has 0 aromatic carbocycles. The summed E-state index contributed by atoms with van der Waals surface area (Å²) in [4.78, 5) is 22.8. The van der Waals surface area contributed by atoms with Gasteiger partial charge in [0.15, 0.2) is 0 Å². The third-order valence-corrected chi connectivity index (χ3v) is 2.52. The Morgan fingerprint density at radius 2 is 2.17 bits per heavy atom. The average molecular weight is 252 g/mol. The van der Waals surface area contributed by atoms with Gasteiger partial charge in [-0.25, -0.2) is 9.59 Å². The SMILES string of the molecule is C=CCCC1OC=C(C(=O)OC)/C1=C/C(=O)OC. The van der Waals surface area contributed by atoms with Crippen LogP contribution in [0, 0.1) is 0 Å². The first kappa shape index (κ1) is 14.0. The predicted molar refractivity (Wildman–Crippen MR) is 64.5 cm³/mol. The number of ether oxygens (including phenoxy) is 3. The molecule has 1 heterocycles. The van der Waals surface area contributed by atoms with Crippen molar-refractivity contribution in [3.05, 3.63) is 36.1 Å². The largest absolute Gasteiger partial charge is 0.492 e. The highest BCUT2D eigenvalue weighted by atomic mass is 16.5. The van der Waals surface area contributed by atoms with Crippen LogP contribution in [0.3, 0.4) is 0 Å². The van der Waals surface area contributed by atoms with E-state index in [1.165, 1.54) is 26.6 Å². The summed E-state index contributed by atoms with van der Waals surface area (Å²) in [6.45, 7) is 3.62. The third kappa shape index (κ3) is 3.23. The molecular weight excluding hydrogens is 236 g/mol. The van der Waals surface area contributed by atoms with E-state index in [2.05, 4.69) is 16.1 Å². The summed E-state index contributed by atoms with van der Waals surface area (Å²) < 4.78 is 14.6. The standard InChI is InChI=1S/C13H16O5/c1-4-5-6-11-9(7-12(14)16-2)10(8-18-11)13(15)17-3/h4,7-8,11H,1,5-6H2,2-3H3/b9-7-. The van der Waals surface area contributed by atoms with Crippen LogP contribution in [-0.2, 0) is 23.8 Å². The van der Waals surface area contributed by atoms with Crippen molar-refractivity contribution >= 4 is 11.9 Å². The minimum Gasteiger partial charge on any atom is -0.492 e. The van der Waals surface area contributed by atoms with Crippen molar-refractivity contribution < 1.29 is 23.8 Å². The van der Waals surface area contributed by atoms with Crippen LogP contribution in [0.4, 0.5) is 0 Å². The Kier molecular flexibility index (Phi) is 5.17. The van der Waals surface area contributed by atoms with Gasteiger partial charge in [0, 0.05) is 11.6 Å². The summed E-state index contributed by atoms with van der Waals surface area (Å²) >= 11 is 0. The summed E-state index contributed by atoms with van der Waals surface area (Å²) in [5.74, 6) is -1.07. The van der Waals surface area contributed by atoms with Crippen molar-refractivity contribution in [2.24, 2.45) is 0 Å². The molecule has 0 fully saturated rings. The molecular formula is C13H16O5. The van der Waals surface area contributed by atoms with E-state index in [1.807, 2.05) is 0 Å². The summed E-state index contributed by atoms with van der Waals surface area (Å²) in [6, 6.07) is 0. The lowest BCUT2D eigenvalue weighted by molar-refractivity contribution is -0.135. The van der Waals surface area contributed by atoms with Crippen molar-refractivity contribution in [3.63, 3.8) is 0 Å². The first-order valence-corrected chi connectivity index (χ1v) is 5.48. The van der Waals surface area contributed by atoms with E-state index >= 15 is 0 Å². The van der Waals surface area contributed by atoms with Crippen LogP contribution >= 0.6 is 0 Å². The van der Waals surface area contributed by atoms with Gasteiger partial charge in [-0.05, 0) is 12.8 Å². The van der Waals surface area contributed by atoms with Crippen LogP contribution < -0.4 is 0 Å². The van der Waals surface area contributed by atoms with Gasteiger partial charge in [-0.2, -0.15) is 0 Å². The van der Waals surface area contributed by atoms with Gasteiger partial charge < -0.3 is 14.2 Å². The Balaban J connectivity index is 2.93. The topological polar surface area (TPSA) is 61.8 Å². The maximum Gasteiger partial charge on any atom is 0.341 e. The lowest BCUT2D eigenvalue weighted by Crippen LogP contribution is -2.15. The zero-order valence-electron chi connectivity index (χ0n) is 10.5. The number of carbonyl (C=O) groups excluding carboxylic acids is 2. The number of methoxy groups -OCH3 is 2. The van der Waals surface area contributed by atoms with Gasteiger partial charge >= 0.3 is 11.9 Å². The molecule has 18 heavy (non-hydrogen) atoms. The molecule has 0 saturated heterocycles. The fraction of sp³-hybridized carbons (Fsp3) is 0.385. The van der Waals surface area contributed by atoms with Crippen LogP contribution in [0.25, 0.3) is 0 Å². The minimum atomic E-state index is -0.536. The molecule has 0 aromatic rings. The van der Waals surface area contributed by atoms with E-state index in [0.717, 1.165) is 0 Å². The van der Waals surface area contributed by atoms with E-state index in [9.17, 15) is 9.59 Å². The lowest BCUT2D eigenvalue weighted by Gasteiger charge is -2.12. The predicted octanol–water partition coefficient (Wildman–Crippen LogP) is 1.51. The number of allylic oxidation sites excluding steroid dienone is 1. The Labute approximate surface area is 106 Å².